The molecule has 7 nitrogen and oxygen atoms in total. The quantitative estimate of drug-likeness (QED) is 0.427. The van der Waals surface area contributed by atoms with Gasteiger partial charge in [0.25, 0.3) is 0 Å². The Labute approximate surface area is 172 Å². The fraction of sp³-hybridized carbons (Fsp3) is 0.409. The molecule has 29 heavy (non-hydrogen) atoms. The number of aliphatic imine (C=N–C) groups is 1. The fourth-order valence-electron chi connectivity index (χ4n) is 3.31. The molecule has 2 N–H and O–H groups in total. The molecule has 154 valence electrons. The van der Waals surface area contributed by atoms with Crippen molar-refractivity contribution in [3.8, 4) is 0 Å². The third kappa shape index (κ3) is 5.94. The van der Waals surface area contributed by atoms with E-state index in [-0.39, 0.29) is 0 Å². The molecule has 0 saturated carbocycles. The van der Waals surface area contributed by atoms with Gasteiger partial charge in [-0.05, 0) is 30.0 Å². The van der Waals surface area contributed by atoms with Gasteiger partial charge in [0.15, 0.2) is 11.7 Å². The van der Waals surface area contributed by atoms with Crippen LogP contribution in [0.2, 0.25) is 0 Å². The molecule has 0 atom stereocenters. The lowest BCUT2D eigenvalue weighted by atomic mass is 9.99. The summed E-state index contributed by atoms with van der Waals surface area (Å²) in [7, 11) is 1.76. The zero-order chi connectivity index (χ0) is 20.5. The van der Waals surface area contributed by atoms with E-state index >= 15 is 0 Å². The molecule has 0 aliphatic rings. The van der Waals surface area contributed by atoms with Gasteiger partial charge >= 0.3 is 0 Å². The van der Waals surface area contributed by atoms with E-state index < -0.39 is 0 Å². The summed E-state index contributed by atoms with van der Waals surface area (Å²) in [6.07, 6.45) is 5.90. The van der Waals surface area contributed by atoms with E-state index in [0.717, 1.165) is 36.8 Å². The van der Waals surface area contributed by atoms with E-state index in [1.54, 1.807) is 13.2 Å². The van der Waals surface area contributed by atoms with Crippen LogP contribution >= 0.6 is 0 Å². The van der Waals surface area contributed by atoms with E-state index in [1.807, 2.05) is 23.0 Å². The second-order valence-corrected chi connectivity index (χ2v) is 7.03. The van der Waals surface area contributed by atoms with Crippen molar-refractivity contribution in [2.24, 2.45) is 4.99 Å². The lowest BCUT2D eigenvalue weighted by molar-refractivity contribution is 0.368. The van der Waals surface area contributed by atoms with E-state index in [4.69, 9.17) is 4.52 Å². The first-order valence-electron chi connectivity index (χ1n) is 10.2. The lowest BCUT2D eigenvalue weighted by Gasteiger charge is -2.11. The molecule has 0 saturated heterocycles. The molecule has 2 heterocycles. The van der Waals surface area contributed by atoms with Gasteiger partial charge in [-0.2, -0.15) is 5.10 Å². The predicted molar refractivity (Wildman–Crippen MR) is 115 cm³/mol. The summed E-state index contributed by atoms with van der Waals surface area (Å²) in [5.41, 5.74) is 3.43. The van der Waals surface area contributed by atoms with Crippen LogP contribution in [0.5, 0.6) is 0 Å². The molecular formula is C22H30N6O. The zero-order valence-corrected chi connectivity index (χ0v) is 17.4. The maximum absolute atomic E-state index is 5.47. The number of hydrogen-bond acceptors (Lipinski definition) is 4. The third-order valence-electron chi connectivity index (χ3n) is 4.99. The highest BCUT2D eigenvalue weighted by Gasteiger charge is 2.13. The first-order chi connectivity index (χ1) is 14.2. The zero-order valence-electron chi connectivity index (χ0n) is 17.4. The monoisotopic (exact) mass is 394 g/mol. The largest absolute Gasteiger partial charge is 0.359 e. The Morgan fingerprint density at radius 1 is 1.10 bits per heavy atom. The highest BCUT2D eigenvalue weighted by molar-refractivity contribution is 5.79. The Hall–Kier alpha value is -3.09. The van der Waals surface area contributed by atoms with Crippen molar-refractivity contribution in [3.63, 3.8) is 0 Å². The topological polar surface area (TPSA) is 80.3 Å². The minimum absolute atomic E-state index is 0.457. The summed E-state index contributed by atoms with van der Waals surface area (Å²) >= 11 is 0. The fourth-order valence-corrected chi connectivity index (χ4v) is 3.31. The smallest absolute Gasteiger partial charge is 0.191 e. The molecule has 0 amide bonds. The highest BCUT2D eigenvalue weighted by Crippen LogP contribution is 2.22. The molecule has 0 spiro atoms. The van der Waals surface area contributed by atoms with Crippen molar-refractivity contribution in [2.45, 2.75) is 52.2 Å². The maximum atomic E-state index is 5.47. The summed E-state index contributed by atoms with van der Waals surface area (Å²) in [6.45, 7) is 6.35. The van der Waals surface area contributed by atoms with Crippen LogP contribution in [0.15, 0.2) is 58.3 Å². The van der Waals surface area contributed by atoms with Gasteiger partial charge in [0.2, 0.25) is 0 Å². The van der Waals surface area contributed by atoms with Gasteiger partial charge in [-0.15, -0.1) is 0 Å². The second-order valence-electron chi connectivity index (χ2n) is 7.03. The van der Waals surface area contributed by atoms with Crippen molar-refractivity contribution in [3.05, 3.63) is 71.4 Å². The van der Waals surface area contributed by atoms with Crippen LogP contribution in [0.1, 0.15) is 55.2 Å². The van der Waals surface area contributed by atoms with Crippen molar-refractivity contribution in [2.75, 3.05) is 7.05 Å². The number of aromatic nitrogens is 3. The van der Waals surface area contributed by atoms with Crippen LogP contribution in [0.3, 0.4) is 0 Å². The number of benzene rings is 1. The molecule has 0 aliphatic carbocycles. The average molecular weight is 395 g/mol. The highest BCUT2D eigenvalue weighted by atomic mass is 16.5. The number of rotatable bonds is 9. The number of hydrogen-bond donors (Lipinski definition) is 2. The minimum Gasteiger partial charge on any atom is -0.359 e. The third-order valence-corrected chi connectivity index (χ3v) is 4.99. The first-order valence-corrected chi connectivity index (χ1v) is 10.2. The van der Waals surface area contributed by atoms with Crippen molar-refractivity contribution >= 4 is 5.96 Å². The molecule has 3 rings (SSSR count). The molecule has 0 radical (unpaired) electrons. The predicted octanol–water partition coefficient (Wildman–Crippen LogP) is 3.69. The molecule has 2 aromatic heterocycles. The van der Waals surface area contributed by atoms with Gasteiger partial charge in [-0.3, -0.25) is 9.67 Å². The molecule has 0 aliphatic heterocycles. The summed E-state index contributed by atoms with van der Waals surface area (Å²) in [5, 5.41) is 15.1. The minimum atomic E-state index is 0.457. The van der Waals surface area contributed by atoms with Crippen LogP contribution in [0.4, 0.5) is 0 Å². The number of nitrogens with zero attached hydrogens (tertiary/aromatic N) is 4. The number of nitrogens with one attached hydrogen (secondary N) is 2. The van der Waals surface area contributed by atoms with E-state index in [2.05, 4.69) is 64.0 Å². The van der Waals surface area contributed by atoms with Crippen LogP contribution in [0, 0.1) is 0 Å². The standard InChI is InChI=1S/C22H30N6O/c1-4-19(5-2)21-13-20(29-27-21)15-25-22(23-3)24-14-17-8-6-9-18(12-17)16-28-11-7-10-26-28/h6-13,19H,4-5,14-16H2,1-3H3,(H2,23,24,25). The van der Waals surface area contributed by atoms with Crippen LogP contribution in [0.25, 0.3) is 0 Å². The van der Waals surface area contributed by atoms with Crippen molar-refractivity contribution in [1.82, 2.24) is 25.6 Å². The molecular weight excluding hydrogens is 364 g/mol. The van der Waals surface area contributed by atoms with E-state index in [0.29, 0.717) is 19.0 Å². The first kappa shape index (κ1) is 20.6. The average Bonchev–Trinajstić information content (AvgIpc) is 3.42. The SMILES string of the molecule is CCC(CC)c1cc(CNC(=NC)NCc2cccc(Cn3cccn3)c2)on1. The molecule has 0 fully saturated rings. The normalized spacial score (nSPS) is 11.8. The van der Waals surface area contributed by atoms with Crippen LogP contribution < -0.4 is 10.6 Å². The van der Waals surface area contributed by atoms with Crippen molar-refractivity contribution < 1.29 is 4.52 Å². The Morgan fingerprint density at radius 2 is 1.90 bits per heavy atom. The molecule has 7 heteroatoms. The van der Waals surface area contributed by atoms with Gasteiger partial charge in [0.1, 0.15) is 0 Å². The summed E-state index contributed by atoms with van der Waals surface area (Å²) in [6, 6.07) is 12.4. The Balaban J connectivity index is 1.51. The van der Waals surface area contributed by atoms with Gasteiger partial charge in [-0.1, -0.05) is 43.3 Å². The Morgan fingerprint density at radius 3 is 2.62 bits per heavy atom. The molecule has 0 unspecified atom stereocenters. The van der Waals surface area contributed by atoms with Crippen LogP contribution in [-0.2, 0) is 19.6 Å². The van der Waals surface area contributed by atoms with E-state index in [9.17, 15) is 0 Å². The number of guanidine groups is 1. The molecule has 0 bridgehead atoms. The van der Waals surface area contributed by atoms with Crippen LogP contribution in [-0.4, -0.2) is 27.9 Å². The molecule has 3 aromatic rings. The Bertz CT molecular complexity index is 896. The van der Waals surface area contributed by atoms with Gasteiger partial charge in [0.05, 0.1) is 18.8 Å². The maximum Gasteiger partial charge on any atom is 0.191 e. The lowest BCUT2D eigenvalue weighted by Crippen LogP contribution is -2.36. The van der Waals surface area contributed by atoms with Gasteiger partial charge in [-0.25, -0.2) is 0 Å². The summed E-state index contributed by atoms with van der Waals surface area (Å²) < 4.78 is 7.39. The van der Waals surface area contributed by atoms with Crippen molar-refractivity contribution in [1.29, 1.82) is 0 Å². The molecule has 1 aromatic carbocycles. The van der Waals surface area contributed by atoms with E-state index in [1.165, 1.54) is 11.1 Å². The summed E-state index contributed by atoms with van der Waals surface area (Å²) in [5.74, 6) is 2.00. The summed E-state index contributed by atoms with van der Waals surface area (Å²) in [4.78, 5) is 4.29. The second kappa shape index (κ2) is 10.5. The Kier molecular flexibility index (Phi) is 7.44. The van der Waals surface area contributed by atoms with Gasteiger partial charge in [0, 0.05) is 38.0 Å². The van der Waals surface area contributed by atoms with Gasteiger partial charge < -0.3 is 15.2 Å².